The van der Waals surface area contributed by atoms with Crippen molar-refractivity contribution in [3.05, 3.63) is 0 Å². The quantitative estimate of drug-likeness (QED) is 0.586. The largest absolute Gasteiger partial charge is 0.467 e. The summed E-state index contributed by atoms with van der Waals surface area (Å²) in [7, 11) is 1.38. The number of ether oxygens (including phenoxy) is 1. The molecule has 0 radical (unpaired) electrons. The number of methoxy groups -OCH3 is 1. The van der Waals surface area contributed by atoms with Crippen LogP contribution in [0.5, 0.6) is 0 Å². The highest BCUT2D eigenvalue weighted by molar-refractivity contribution is 7.80. The summed E-state index contributed by atoms with van der Waals surface area (Å²) in [5.41, 5.74) is -0.403. The lowest BCUT2D eigenvalue weighted by molar-refractivity contribution is -0.145. The number of thiocarbonyl (C=S) groups is 1. The van der Waals surface area contributed by atoms with E-state index < -0.39 is 6.04 Å². The molecule has 1 atom stereocenters. The maximum Gasteiger partial charge on any atom is 0.328 e. The highest BCUT2D eigenvalue weighted by atomic mass is 32.1. The van der Waals surface area contributed by atoms with E-state index in [1.807, 2.05) is 41.5 Å². The highest BCUT2D eigenvalue weighted by Gasteiger charge is 2.33. The average molecular weight is 260 g/mol. The zero-order valence-electron chi connectivity index (χ0n) is 11.8. The smallest absolute Gasteiger partial charge is 0.328 e. The van der Waals surface area contributed by atoms with Crippen LogP contribution < -0.4 is 10.6 Å². The van der Waals surface area contributed by atoms with Gasteiger partial charge in [-0.15, -0.1) is 0 Å². The molecule has 100 valence electrons. The van der Waals surface area contributed by atoms with Gasteiger partial charge in [0.15, 0.2) is 5.11 Å². The summed E-state index contributed by atoms with van der Waals surface area (Å²) in [6.07, 6.45) is 0. The molecule has 0 unspecified atom stereocenters. The van der Waals surface area contributed by atoms with Crippen molar-refractivity contribution in [2.75, 3.05) is 7.11 Å². The lowest BCUT2D eigenvalue weighted by Crippen LogP contribution is -2.55. The zero-order valence-corrected chi connectivity index (χ0v) is 12.6. The molecule has 0 bridgehead atoms. The fourth-order valence-corrected chi connectivity index (χ4v) is 1.68. The van der Waals surface area contributed by atoms with Crippen LogP contribution in [0.4, 0.5) is 0 Å². The van der Waals surface area contributed by atoms with Crippen molar-refractivity contribution < 1.29 is 9.53 Å². The summed E-state index contributed by atoms with van der Waals surface area (Å²) in [6.45, 7) is 11.9. The maximum atomic E-state index is 11.7. The molecule has 0 spiro atoms. The Bertz CT molecular complexity index is 290. The highest BCUT2D eigenvalue weighted by Crippen LogP contribution is 2.20. The van der Waals surface area contributed by atoms with E-state index in [4.69, 9.17) is 17.0 Å². The summed E-state index contributed by atoms with van der Waals surface area (Å²) in [4.78, 5) is 11.7. The number of nitrogens with one attached hydrogen (secondary N) is 2. The molecule has 2 N–H and O–H groups in total. The second-order valence-electron chi connectivity index (χ2n) is 6.17. The summed E-state index contributed by atoms with van der Waals surface area (Å²) in [5.74, 6) is -0.310. The topological polar surface area (TPSA) is 50.4 Å². The van der Waals surface area contributed by atoms with Crippen LogP contribution in [0.25, 0.3) is 0 Å². The number of hydrogen-bond donors (Lipinski definition) is 2. The SMILES string of the molecule is COC(=O)[C@H](NC(=S)NC(C)(C)C)C(C)(C)C. The van der Waals surface area contributed by atoms with Crippen molar-refractivity contribution in [1.82, 2.24) is 10.6 Å². The van der Waals surface area contributed by atoms with Gasteiger partial charge in [-0.05, 0) is 38.4 Å². The Hall–Kier alpha value is -0.840. The predicted molar refractivity (Wildman–Crippen MR) is 73.9 cm³/mol. The van der Waals surface area contributed by atoms with Gasteiger partial charge in [-0.2, -0.15) is 0 Å². The summed E-state index contributed by atoms with van der Waals surface area (Å²) >= 11 is 5.18. The number of carbonyl (C=O) groups is 1. The van der Waals surface area contributed by atoms with Crippen molar-refractivity contribution in [3.8, 4) is 0 Å². The molecule has 0 aromatic carbocycles. The Labute approximate surface area is 109 Å². The molecule has 0 aliphatic carbocycles. The van der Waals surface area contributed by atoms with Crippen molar-refractivity contribution in [1.29, 1.82) is 0 Å². The second kappa shape index (κ2) is 5.67. The van der Waals surface area contributed by atoms with Gasteiger partial charge in [-0.3, -0.25) is 0 Å². The third kappa shape index (κ3) is 6.46. The molecule has 0 saturated heterocycles. The van der Waals surface area contributed by atoms with Crippen molar-refractivity contribution in [2.45, 2.75) is 53.1 Å². The molecule has 0 aromatic heterocycles. The first-order valence-electron chi connectivity index (χ1n) is 5.64. The minimum atomic E-state index is -0.463. The normalized spacial score (nSPS) is 13.8. The summed E-state index contributed by atoms with van der Waals surface area (Å²) in [5, 5.41) is 6.58. The third-order valence-corrected chi connectivity index (χ3v) is 2.29. The van der Waals surface area contributed by atoms with Crippen molar-refractivity contribution in [3.63, 3.8) is 0 Å². The first kappa shape index (κ1) is 16.2. The van der Waals surface area contributed by atoms with Gasteiger partial charge >= 0.3 is 5.97 Å². The van der Waals surface area contributed by atoms with Crippen LogP contribution in [0.3, 0.4) is 0 Å². The number of hydrogen-bond acceptors (Lipinski definition) is 3. The molecular formula is C12H24N2O2S. The van der Waals surface area contributed by atoms with E-state index in [-0.39, 0.29) is 16.9 Å². The van der Waals surface area contributed by atoms with Gasteiger partial charge in [0.25, 0.3) is 0 Å². The Morgan fingerprint density at radius 1 is 1.18 bits per heavy atom. The van der Waals surface area contributed by atoms with Crippen molar-refractivity contribution >= 4 is 23.3 Å². The van der Waals surface area contributed by atoms with E-state index in [0.717, 1.165) is 0 Å². The first-order chi connectivity index (χ1) is 7.47. The van der Waals surface area contributed by atoms with Crippen LogP contribution in [0.1, 0.15) is 41.5 Å². The molecule has 0 aromatic rings. The molecule has 0 amide bonds. The van der Waals surface area contributed by atoms with Crippen LogP contribution in [-0.4, -0.2) is 29.8 Å². The van der Waals surface area contributed by atoms with Gasteiger partial charge in [0.2, 0.25) is 0 Å². The predicted octanol–water partition coefficient (Wildman–Crippen LogP) is 1.84. The Morgan fingerprint density at radius 3 is 1.94 bits per heavy atom. The van der Waals surface area contributed by atoms with E-state index in [0.29, 0.717) is 5.11 Å². The van der Waals surface area contributed by atoms with E-state index in [2.05, 4.69) is 10.6 Å². The van der Waals surface area contributed by atoms with Crippen molar-refractivity contribution in [2.24, 2.45) is 5.41 Å². The monoisotopic (exact) mass is 260 g/mol. The fraction of sp³-hybridized carbons (Fsp3) is 0.833. The van der Waals surface area contributed by atoms with E-state index in [9.17, 15) is 4.79 Å². The molecule has 4 nitrogen and oxygen atoms in total. The van der Waals surface area contributed by atoms with Gasteiger partial charge in [0.1, 0.15) is 6.04 Å². The van der Waals surface area contributed by atoms with E-state index in [1.54, 1.807) is 0 Å². The van der Waals surface area contributed by atoms with Gasteiger partial charge in [-0.1, -0.05) is 20.8 Å². The molecule has 0 fully saturated rings. The van der Waals surface area contributed by atoms with Gasteiger partial charge in [0, 0.05) is 5.54 Å². The lowest BCUT2D eigenvalue weighted by Gasteiger charge is -2.32. The number of carbonyl (C=O) groups excluding carboxylic acids is 1. The van der Waals surface area contributed by atoms with Gasteiger partial charge in [0.05, 0.1) is 7.11 Å². The summed E-state index contributed by atoms with van der Waals surface area (Å²) < 4.78 is 4.78. The molecule has 5 heteroatoms. The molecule has 0 aliphatic rings. The fourth-order valence-electron chi connectivity index (χ4n) is 1.25. The maximum absolute atomic E-state index is 11.7. The summed E-state index contributed by atoms with van der Waals surface area (Å²) in [6, 6.07) is -0.463. The molecular weight excluding hydrogens is 236 g/mol. The second-order valence-corrected chi connectivity index (χ2v) is 6.58. The third-order valence-electron chi connectivity index (χ3n) is 2.07. The molecule has 0 rings (SSSR count). The van der Waals surface area contributed by atoms with Crippen LogP contribution in [-0.2, 0) is 9.53 Å². The first-order valence-corrected chi connectivity index (χ1v) is 6.04. The number of esters is 1. The Balaban J connectivity index is 4.67. The van der Waals surface area contributed by atoms with Gasteiger partial charge < -0.3 is 15.4 Å². The van der Waals surface area contributed by atoms with Crippen LogP contribution >= 0.6 is 12.2 Å². The zero-order chi connectivity index (χ0) is 13.9. The minimum absolute atomic E-state index is 0.136. The molecule has 0 saturated carbocycles. The average Bonchev–Trinajstić information content (AvgIpc) is 2.08. The number of rotatable bonds is 2. The van der Waals surface area contributed by atoms with E-state index >= 15 is 0 Å². The van der Waals surface area contributed by atoms with Crippen LogP contribution in [0.2, 0.25) is 0 Å². The molecule has 0 aliphatic heterocycles. The minimum Gasteiger partial charge on any atom is -0.467 e. The molecule has 17 heavy (non-hydrogen) atoms. The molecule has 0 heterocycles. The van der Waals surface area contributed by atoms with Crippen LogP contribution in [0.15, 0.2) is 0 Å². The van der Waals surface area contributed by atoms with E-state index in [1.165, 1.54) is 7.11 Å². The van der Waals surface area contributed by atoms with Crippen LogP contribution in [0, 0.1) is 5.41 Å². The Kier molecular flexibility index (Phi) is 5.39. The Morgan fingerprint density at radius 2 is 1.65 bits per heavy atom. The lowest BCUT2D eigenvalue weighted by atomic mass is 9.87. The standard InChI is InChI=1S/C12H24N2O2S/c1-11(2,3)8(9(15)16-7)13-10(17)14-12(4,5)6/h8H,1-7H3,(H2,13,14,17)/t8-/m0/s1. The van der Waals surface area contributed by atoms with Gasteiger partial charge in [-0.25, -0.2) is 4.79 Å².